The van der Waals surface area contributed by atoms with E-state index in [1.54, 1.807) is 6.07 Å². The molecule has 248 valence electrons. The molecule has 0 radical (unpaired) electrons. The first-order valence-corrected chi connectivity index (χ1v) is 17.5. The van der Waals surface area contributed by atoms with Crippen LogP contribution < -0.4 is 10.2 Å². The van der Waals surface area contributed by atoms with Crippen LogP contribution in [0.4, 0.5) is 28.4 Å². The van der Waals surface area contributed by atoms with Crippen LogP contribution in [-0.2, 0) is 0 Å². The molecule has 2 nitrogen and oxygen atoms in total. The molecule has 0 bridgehead atoms. The Balaban J connectivity index is 0.000000175. The summed E-state index contributed by atoms with van der Waals surface area (Å²) in [5.41, 5.74) is 15.2. The average Bonchev–Trinajstić information content (AvgIpc) is 3.11. The van der Waals surface area contributed by atoms with E-state index in [0.717, 1.165) is 28.4 Å². The van der Waals surface area contributed by atoms with Crippen molar-refractivity contribution in [3.63, 3.8) is 0 Å². The van der Waals surface area contributed by atoms with Crippen molar-refractivity contribution < 1.29 is 0 Å². The molecule has 0 aliphatic heterocycles. The molecule has 0 fully saturated rings. The Hall–Kier alpha value is -5.28. The lowest BCUT2D eigenvalue weighted by Crippen LogP contribution is -2.10. The largest absolute Gasteiger partial charge is 0.356 e. The van der Waals surface area contributed by atoms with Crippen LogP contribution in [0, 0.1) is 27.7 Å². The van der Waals surface area contributed by atoms with Gasteiger partial charge in [0.15, 0.2) is 0 Å². The van der Waals surface area contributed by atoms with Crippen molar-refractivity contribution in [2.45, 2.75) is 27.7 Å². The summed E-state index contributed by atoms with van der Waals surface area (Å²) in [6, 6.07) is 56.8. The van der Waals surface area contributed by atoms with E-state index in [9.17, 15) is 0 Å². The number of hydrogen-bond acceptors (Lipinski definition) is 2. The van der Waals surface area contributed by atoms with Crippen LogP contribution in [0.5, 0.6) is 0 Å². The summed E-state index contributed by atoms with van der Waals surface area (Å²) in [5, 5.41) is 4.72. The molecule has 7 aromatic rings. The molecule has 0 aliphatic carbocycles. The van der Waals surface area contributed by atoms with Crippen molar-refractivity contribution in [3.05, 3.63) is 196 Å². The highest BCUT2D eigenvalue weighted by Crippen LogP contribution is 2.37. The molecule has 7 aromatic carbocycles. The van der Waals surface area contributed by atoms with Gasteiger partial charge in [-0.3, -0.25) is 0 Å². The summed E-state index contributed by atoms with van der Waals surface area (Å²) in [4.78, 5) is 2.15. The van der Waals surface area contributed by atoms with Crippen molar-refractivity contribution in [1.82, 2.24) is 0 Å². The van der Waals surface area contributed by atoms with Gasteiger partial charge in [0.05, 0.1) is 0 Å². The van der Waals surface area contributed by atoms with Gasteiger partial charge in [0.25, 0.3) is 0 Å². The van der Waals surface area contributed by atoms with E-state index in [0.29, 0.717) is 10.0 Å². The van der Waals surface area contributed by atoms with E-state index in [1.165, 1.54) is 44.5 Å². The van der Waals surface area contributed by atoms with Crippen LogP contribution >= 0.6 is 23.2 Å². The second-order valence-corrected chi connectivity index (χ2v) is 13.5. The molecule has 0 spiro atoms. The first kappa shape index (κ1) is 34.6. The van der Waals surface area contributed by atoms with Crippen LogP contribution in [-0.4, -0.2) is 0 Å². The Morgan fingerprint density at radius 1 is 0.340 bits per heavy atom. The summed E-state index contributed by atoms with van der Waals surface area (Å²) in [5.74, 6) is 0. The maximum Gasteiger partial charge on any atom is 0.0491 e. The Kier molecular flexibility index (Phi) is 11.0. The van der Waals surface area contributed by atoms with Crippen molar-refractivity contribution in [2.24, 2.45) is 0 Å². The van der Waals surface area contributed by atoms with Crippen LogP contribution in [0.3, 0.4) is 0 Å². The number of nitrogens with one attached hydrogen (secondary N) is 1. The number of benzene rings is 7. The number of hydrogen-bond donors (Lipinski definition) is 1. The molecule has 7 rings (SSSR count). The molecule has 4 heteroatoms. The maximum atomic E-state index is 6.21. The van der Waals surface area contributed by atoms with Crippen LogP contribution in [0.1, 0.15) is 22.3 Å². The van der Waals surface area contributed by atoms with E-state index < -0.39 is 0 Å². The van der Waals surface area contributed by atoms with E-state index in [2.05, 4.69) is 184 Å². The van der Waals surface area contributed by atoms with Crippen LogP contribution in [0.15, 0.2) is 164 Å². The van der Waals surface area contributed by atoms with Gasteiger partial charge >= 0.3 is 0 Å². The molecule has 50 heavy (non-hydrogen) atoms. The lowest BCUT2D eigenvalue weighted by Gasteiger charge is -2.26. The first-order chi connectivity index (χ1) is 24.2. The lowest BCUT2D eigenvalue weighted by atomic mass is 10.0. The Morgan fingerprint density at radius 2 is 0.620 bits per heavy atom. The van der Waals surface area contributed by atoms with E-state index in [1.807, 2.05) is 12.1 Å². The number of anilines is 5. The fourth-order valence-electron chi connectivity index (χ4n) is 5.65. The highest BCUT2D eigenvalue weighted by molar-refractivity contribution is 6.35. The van der Waals surface area contributed by atoms with E-state index in [-0.39, 0.29) is 0 Å². The molecular weight excluding hydrogens is 651 g/mol. The van der Waals surface area contributed by atoms with Gasteiger partial charge in [-0.05, 0) is 117 Å². The highest BCUT2D eigenvalue weighted by Gasteiger charge is 2.13. The second kappa shape index (κ2) is 16.0. The maximum absolute atomic E-state index is 6.21. The third-order valence-corrected chi connectivity index (χ3v) is 8.95. The molecule has 0 heterocycles. The Labute approximate surface area is 306 Å². The standard InChI is InChI=1S/C26H23N.C20H17Cl2N/c1-19-3-7-21(8-4-19)23-11-15-25(16-12-23)27-26-17-13-24(14-18-26)22-9-5-20(2)6-10-22;1-14-3-7-18(8-4-14)23(19-9-5-15(2)6-10-19)20-12-16(21)11-17(22)13-20/h3-18,27H,1-2H3;3-13H,1-2H3. The zero-order valence-corrected chi connectivity index (χ0v) is 30.3. The van der Waals surface area contributed by atoms with Gasteiger partial charge < -0.3 is 10.2 Å². The fraction of sp³-hybridized carbons (Fsp3) is 0.0870. The summed E-state index contributed by atoms with van der Waals surface area (Å²) in [6.07, 6.45) is 0. The van der Waals surface area contributed by atoms with Crippen molar-refractivity contribution >= 4 is 51.6 Å². The zero-order chi connectivity index (χ0) is 35.0. The highest BCUT2D eigenvalue weighted by atomic mass is 35.5. The molecule has 0 saturated heterocycles. The molecule has 0 saturated carbocycles. The van der Waals surface area contributed by atoms with Gasteiger partial charge in [-0.2, -0.15) is 0 Å². The monoisotopic (exact) mass is 690 g/mol. The fourth-order valence-corrected chi connectivity index (χ4v) is 6.17. The minimum absolute atomic E-state index is 0.622. The second-order valence-electron chi connectivity index (χ2n) is 12.6. The predicted octanol–water partition coefficient (Wildman–Crippen LogP) is 14.5. The van der Waals surface area contributed by atoms with Crippen molar-refractivity contribution in [3.8, 4) is 22.3 Å². The van der Waals surface area contributed by atoms with Gasteiger partial charge in [0.1, 0.15) is 0 Å². The third kappa shape index (κ3) is 9.03. The molecule has 0 atom stereocenters. The molecule has 0 aliphatic rings. The predicted molar refractivity (Wildman–Crippen MR) is 217 cm³/mol. The van der Waals surface area contributed by atoms with E-state index >= 15 is 0 Å². The minimum atomic E-state index is 0.622. The lowest BCUT2D eigenvalue weighted by molar-refractivity contribution is 1.27. The summed E-state index contributed by atoms with van der Waals surface area (Å²) >= 11 is 12.4. The summed E-state index contributed by atoms with van der Waals surface area (Å²) in [7, 11) is 0. The molecule has 1 N–H and O–H groups in total. The van der Waals surface area contributed by atoms with Gasteiger partial charge in [-0.1, -0.05) is 143 Å². The summed E-state index contributed by atoms with van der Waals surface area (Å²) in [6.45, 7) is 8.38. The topological polar surface area (TPSA) is 15.3 Å². The SMILES string of the molecule is Cc1ccc(-c2ccc(Nc3ccc(-c4ccc(C)cc4)cc3)cc2)cc1.Cc1ccc(N(c2ccc(C)cc2)c2cc(Cl)cc(Cl)c2)cc1. The summed E-state index contributed by atoms with van der Waals surface area (Å²) < 4.78 is 0. The van der Waals surface area contributed by atoms with Crippen LogP contribution in [0.2, 0.25) is 10.0 Å². The Bertz CT molecular complexity index is 1980. The molecule has 0 unspecified atom stereocenters. The molecule has 0 amide bonds. The normalized spacial score (nSPS) is 10.6. The Morgan fingerprint density at radius 3 is 0.940 bits per heavy atom. The minimum Gasteiger partial charge on any atom is -0.356 e. The molecular formula is C46H40Cl2N2. The number of halogens is 2. The first-order valence-electron chi connectivity index (χ1n) is 16.7. The van der Waals surface area contributed by atoms with Crippen molar-refractivity contribution in [2.75, 3.05) is 10.2 Å². The number of rotatable bonds is 7. The number of aryl methyl sites for hydroxylation is 4. The zero-order valence-electron chi connectivity index (χ0n) is 28.8. The quantitative estimate of drug-likeness (QED) is 0.179. The number of nitrogens with zero attached hydrogens (tertiary/aromatic N) is 1. The van der Waals surface area contributed by atoms with Crippen molar-refractivity contribution in [1.29, 1.82) is 0 Å². The average molecular weight is 692 g/mol. The smallest absolute Gasteiger partial charge is 0.0491 e. The van der Waals surface area contributed by atoms with Gasteiger partial charge in [-0.25, -0.2) is 0 Å². The van der Waals surface area contributed by atoms with Gasteiger partial charge in [0, 0.05) is 38.5 Å². The van der Waals surface area contributed by atoms with Gasteiger partial charge in [0.2, 0.25) is 0 Å². The van der Waals surface area contributed by atoms with Crippen LogP contribution in [0.25, 0.3) is 22.3 Å². The van der Waals surface area contributed by atoms with E-state index in [4.69, 9.17) is 23.2 Å². The molecule has 0 aromatic heterocycles. The third-order valence-electron chi connectivity index (χ3n) is 8.52. The van der Waals surface area contributed by atoms with Gasteiger partial charge in [-0.15, -0.1) is 0 Å².